The zero-order valence-electron chi connectivity index (χ0n) is 17.1. The summed E-state index contributed by atoms with van der Waals surface area (Å²) in [5, 5.41) is 0. The third-order valence-electron chi connectivity index (χ3n) is 3.51. The molecule has 4 radical (unpaired) electrons. The van der Waals surface area contributed by atoms with Crippen LogP contribution in [-0.2, 0) is 30.4 Å². The normalized spacial score (nSPS) is 11.0. The zero-order valence-corrected chi connectivity index (χ0v) is 21.6. The van der Waals surface area contributed by atoms with Crippen molar-refractivity contribution in [1.29, 1.82) is 0 Å². The van der Waals surface area contributed by atoms with Crippen LogP contribution in [0.4, 0.5) is 17.1 Å². The molecule has 184 valence electrons. The molecule has 0 unspecified atom stereocenters. The minimum atomic E-state index is -4.33. The Bertz CT molecular complexity index is 1200. The van der Waals surface area contributed by atoms with Crippen LogP contribution in [0.2, 0.25) is 0 Å². The van der Waals surface area contributed by atoms with E-state index in [1.165, 1.54) is 72.8 Å². The number of benzene rings is 3. The quantitative estimate of drug-likeness (QED) is 0.210. The molecular weight excluding hydrogens is 571 g/mol. The van der Waals surface area contributed by atoms with Crippen molar-refractivity contribution >= 4 is 65.0 Å². The molecule has 0 atom stereocenters. The fourth-order valence-corrected chi connectivity index (χ4v) is 3.31. The summed E-state index contributed by atoms with van der Waals surface area (Å²) in [6.45, 7) is 0. The molecule has 16 heteroatoms. The Balaban J connectivity index is 0.000000473. The maximum absolute atomic E-state index is 10.3. The van der Waals surface area contributed by atoms with E-state index in [9.17, 15) is 38.9 Å². The van der Waals surface area contributed by atoms with Gasteiger partial charge in [0.05, 0.1) is 14.7 Å². The summed E-state index contributed by atoms with van der Waals surface area (Å²) in [7, 11) is -13.0. The van der Waals surface area contributed by atoms with Crippen molar-refractivity contribution in [3.8, 4) is 0 Å². The largest absolute Gasteiger partial charge is 0.744 e. The molecule has 0 heterocycles. The summed E-state index contributed by atoms with van der Waals surface area (Å²) in [5.41, 5.74) is 17.1. The Morgan fingerprint density at radius 2 is 0.559 bits per heavy atom. The molecule has 0 spiro atoms. The van der Waals surface area contributed by atoms with Crippen LogP contribution in [0.1, 0.15) is 0 Å². The second-order valence-corrected chi connectivity index (χ2v) is 10.2. The van der Waals surface area contributed by atoms with Gasteiger partial charge in [-0.15, -0.1) is 0 Å². The summed E-state index contributed by atoms with van der Waals surface area (Å²) in [6.07, 6.45) is 0. The second-order valence-electron chi connectivity index (χ2n) is 6.07. The van der Waals surface area contributed by atoms with Gasteiger partial charge in [-0.3, -0.25) is 0 Å². The molecule has 0 saturated heterocycles. The Hall–Kier alpha value is -2.67. The molecule has 3 aromatic rings. The van der Waals surface area contributed by atoms with Gasteiger partial charge in [0.1, 0.15) is 30.4 Å². The van der Waals surface area contributed by atoms with Gasteiger partial charge in [-0.2, -0.15) is 0 Å². The van der Waals surface area contributed by atoms with Crippen LogP contribution < -0.4 is 17.2 Å². The molecule has 12 nitrogen and oxygen atoms in total. The molecule has 0 saturated carbocycles. The van der Waals surface area contributed by atoms with Crippen molar-refractivity contribution < 1.29 is 38.9 Å². The molecule has 6 N–H and O–H groups in total. The smallest absolute Gasteiger partial charge is 0.124 e. The zero-order chi connectivity index (χ0) is 25.4. The van der Waals surface area contributed by atoms with Gasteiger partial charge in [-0.05, 0) is 72.8 Å². The maximum Gasteiger partial charge on any atom is 0.124 e. The molecule has 0 aliphatic heterocycles. The van der Waals surface area contributed by atoms with Gasteiger partial charge in [0, 0.05) is 34.7 Å². The Morgan fingerprint density at radius 1 is 0.412 bits per heavy atom. The molecule has 3 rings (SSSR count). The standard InChI is InChI=1S/3C6H7NO3S.Ge/c3*7-5-1-3-6(4-2-5)11(8,9)10;/h3*1-4H,7H2,(H,8,9,10);/p-3. The predicted octanol–water partition coefficient (Wildman–Crippen LogP) is 0.138. The first-order chi connectivity index (χ1) is 15.0. The van der Waals surface area contributed by atoms with Crippen LogP contribution in [0.15, 0.2) is 87.5 Å². The average Bonchev–Trinajstić information content (AvgIpc) is 2.68. The number of nitrogen functional groups attached to an aromatic ring is 3. The Kier molecular flexibility index (Phi) is 11.7. The van der Waals surface area contributed by atoms with Gasteiger partial charge in [-0.1, -0.05) is 0 Å². The number of anilines is 3. The Morgan fingerprint density at radius 3 is 0.676 bits per heavy atom. The SMILES string of the molecule is Nc1ccc(S(=O)(=O)[O-])cc1.Nc1ccc(S(=O)(=O)[O-])cc1.Nc1ccc(S(=O)(=O)[O-])cc1.[Ge]. The molecule has 0 bridgehead atoms. The van der Waals surface area contributed by atoms with Gasteiger partial charge < -0.3 is 30.9 Å². The van der Waals surface area contributed by atoms with Gasteiger partial charge in [0.2, 0.25) is 0 Å². The minimum absolute atomic E-state index is 0. The number of hydrogen-bond donors (Lipinski definition) is 3. The fraction of sp³-hybridized carbons (Fsp3) is 0. The third-order valence-corrected chi connectivity index (χ3v) is 6.05. The topological polar surface area (TPSA) is 250 Å². The maximum atomic E-state index is 10.3. The molecule has 0 aliphatic carbocycles. The summed E-state index contributed by atoms with van der Waals surface area (Å²) in [5.74, 6) is 0. The van der Waals surface area contributed by atoms with E-state index >= 15 is 0 Å². The first-order valence-corrected chi connectivity index (χ1v) is 12.7. The summed E-state index contributed by atoms with van der Waals surface area (Å²) in [6, 6.07) is 15.3. The van der Waals surface area contributed by atoms with E-state index in [0.717, 1.165) is 0 Å². The van der Waals surface area contributed by atoms with E-state index in [2.05, 4.69) is 0 Å². The van der Waals surface area contributed by atoms with Crippen molar-refractivity contribution in [1.82, 2.24) is 0 Å². The van der Waals surface area contributed by atoms with Gasteiger partial charge in [-0.25, -0.2) is 25.3 Å². The van der Waals surface area contributed by atoms with Crippen LogP contribution in [0.25, 0.3) is 0 Å². The van der Waals surface area contributed by atoms with Gasteiger partial charge in [0.25, 0.3) is 0 Å². The van der Waals surface area contributed by atoms with E-state index in [0.29, 0.717) is 17.1 Å². The summed E-state index contributed by atoms with van der Waals surface area (Å²) in [4.78, 5) is -0.773. The molecule has 0 fully saturated rings. The van der Waals surface area contributed by atoms with Gasteiger partial charge in [0.15, 0.2) is 0 Å². The van der Waals surface area contributed by atoms with Gasteiger partial charge >= 0.3 is 0 Å². The van der Waals surface area contributed by atoms with Crippen molar-refractivity contribution in [3.05, 3.63) is 72.8 Å². The number of nitrogens with two attached hydrogens (primary N) is 3. The fourth-order valence-electron chi connectivity index (χ4n) is 1.90. The summed E-state index contributed by atoms with van der Waals surface area (Å²) < 4.78 is 93.1. The molecule has 34 heavy (non-hydrogen) atoms. The number of hydrogen-bond acceptors (Lipinski definition) is 12. The van der Waals surface area contributed by atoms with E-state index in [4.69, 9.17) is 17.2 Å². The number of rotatable bonds is 3. The van der Waals surface area contributed by atoms with Crippen LogP contribution in [0.5, 0.6) is 0 Å². The first-order valence-electron chi connectivity index (χ1n) is 8.44. The first kappa shape index (κ1) is 31.3. The monoisotopic (exact) mass is 590 g/mol. The molecule has 0 aromatic heterocycles. The molecule has 0 aliphatic rings. The van der Waals surface area contributed by atoms with Crippen LogP contribution in [0.3, 0.4) is 0 Å². The minimum Gasteiger partial charge on any atom is -0.744 e. The third kappa shape index (κ3) is 11.5. The van der Waals surface area contributed by atoms with Crippen molar-refractivity contribution in [3.63, 3.8) is 0 Å². The summed E-state index contributed by atoms with van der Waals surface area (Å²) >= 11 is 0. The van der Waals surface area contributed by atoms with Crippen LogP contribution >= 0.6 is 0 Å². The molecular formula is C18H18GeN3O9S3-3. The van der Waals surface area contributed by atoms with Crippen LogP contribution in [0, 0.1) is 0 Å². The van der Waals surface area contributed by atoms with Crippen LogP contribution in [-0.4, -0.2) is 56.5 Å². The second kappa shape index (κ2) is 12.7. The Labute approximate surface area is 208 Å². The van der Waals surface area contributed by atoms with E-state index in [1.807, 2.05) is 0 Å². The van der Waals surface area contributed by atoms with E-state index in [-0.39, 0.29) is 32.3 Å². The predicted molar refractivity (Wildman–Crippen MR) is 122 cm³/mol. The van der Waals surface area contributed by atoms with Crippen molar-refractivity contribution in [2.75, 3.05) is 17.2 Å². The average molecular weight is 589 g/mol. The molecule has 0 amide bonds. The van der Waals surface area contributed by atoms with E-state index < -0.39 is 30.4 Å². The van der Waals surface area contributed by atoms with E-state index in [1.54, 1.807) is 0 Å². The van der Waals surface area contributed by atoms with Crippen molar-refractivity contribution in [2.45, 2.75) is 14.7 Å². The molecule has 3 aromatic carbocycles. The van der Waals surface area contributed by atoms with Crippen molar-refractivity contribution in [2.24, 2.45) is 0 Å².